The third-order valence-electron chi connectivity index (χ3n) is 3.93. The van der Waals surface area contributed by atoms with Crippen LogP contribution in [0.15, 0.2) is 24.3 Å². The monoisotopic (exact) mass is 287 g/mol. The van der Waals surface area contributed by atoms with Gasteiger partial charge in [0.2, 0.25) is 0 Å². The lowest BCUT2D eigenvalue weighted by Crippen LogP contribution is -2.50. The minimum Gasteiger partial charge on any atom is -0.296 e. The minimum absolute atomic E-state index is 0. The molecule has 0 aliphatic heterocycles. The number of benzene rings is 1. The molecule has 102 valence electrons. The third kappa shape index (κ3) is 3.01. The van der Waals surface area contributed by atoms with Gasteiger partial charge >= 0.3 is 0 Å². The van der Waals surface area contributed by atoms with Gasteiger partial charge in [0.15, 0.2) is 0 Å². The molecule has 3 heteroatoms. The van der Waals surface area contributed by atoms with E-state index in [1.54, 1.807) is 0 Å². The molecule has 0 radical (unpaired) electrons. The maximum Gasteiger partial charge on any atom is 0.0457 e. The van der Waals surface area contributed by atoms with Crippen LogP contribution in [0.1, 0.15) is 38.7 Å². The van der Waals surface area contributed by atoms with E-state index < -0.39 is 0 Å². The highest BCUT2D eigenvalue weighted by molar-refractivity contribution is 6.30. The van der Waals surface area contributed by atoms with Crippen LogP contribution < -0.4 is 0 Å². The highest BCUT2D eigenvalue weighted by atomic mass is 35.5. The number of hydrogen-bond donors (Lipinski definition) is 0. The molecular formula is C15H23Cl2N. The fraction of sp³-hybridized carbons (Fsp3) is 0.600. The smallest absolute Gasteiger partial charge is 0.0457 e. The zero-order valence-corrected chi connectivity index (χ0v) is 13.0. The summed E-state index contributed by atoms with van der Waals surface area (Å²) in [5.41, 5.74) is 1.70. The number of nitrogens with zero attached hydrogens (tertiary/aromatic N) is 1. The molecule has 0 unspecified atom stereocenters. The van der Waals surface area contributed by atoms with E-state index in [-0.39, 0.29) is 17.9 Å². The maximum atomic E-state index is 5.97. The lowest BCUT2D eigenvalue weighted by molar-refractivity contribution is 0.0258. The van der Waals surface area contributed by atoms with E-state index in [0.29, 0.717) is 5.92 Å². The van der Waals surface area contributed by atoms with Crippen LogP contribution in [0.25, 0.3) is 0 Å². The van der Waals surface area contributed by atoms with Crippen molar-refractivity contribution in [1.29, 1.82) is 0 Å². The van der Waals surface area contributed by atoms with Crippen molar-refractivity contribution in [2.24, 2.45) is 5.92 Å². The standard InChI is InChI=1S/C15H22ClN.ClH/c1-12(2)11-17(3)15(9-4-10-15)13-5-7-14(16)8-6-13;/h5-8,12H,4,9-11H2,1-3H3;1H. The first-order valence-electron chi connectivity index (χ1n) is 6.52. The van der Waals surface area contributed by atoms with E-state index in [2.05, 4.69) is 37.9 Å². The van der Waals surface area contributed by atoms with E-state index in [1.807, 2.05) is 12.1 Å². The molecule has 0 aromatic heterocycles. The van der Waals surface area contributed by atoms with Crippen LogP contribution in [0, 0.1) is 5.92 Å². The second-order valence-electron chi connectivity index (χ2n) is 5.67. The average molecular weight is 288 g/mol. The van der Waals surface area contributed by atoms with E-state index >= 15 is 0 Å². The van der Waals surface area contributed by atoms with Gasteiger partial charge in [-0.05, 0) is 49.9 Å². The van der Waals surface area contributed by atoms with Crippen molar-refractivity contribution in [3.63, 3.8) is 0 Å². The molecule has 0 N–H and O–H groups in total. The fourth-order valence-electron chi connectivity index (χ4n) is 2.89. The second-order valence-corrected chi connectivity index (χ2v) is 6.10. The summed E-state index contributed by atoms with van der Waals surface area (Å²) in [6.45, 7) is 5.72. The van der Waals surface area contributed by atoms with Gasteiger partial charge in [-0.3, -0.25) is 4.90 Å². The predicted molar refractivity (Wildman–Crippen MR) is 81.7 cm³/mol. The number of rotatable bonds is 4. The van der Waals surface area contributed by atoms with E-state index in [9.17, 15) is 0 Å². The van der Waals surface area contributed by atoms with Gasteiger partial charge in [0, 0.05) is 17.1 Å². The molecule has 1 aliphatic rings. The Morgan fingerprint density at radius 1 is 1.22 bits per heavy atom. The van der Waals surface area contributed by atoms with Crippen LogP contribution in [0.4, 0.5) is 0 Å². The largest absolute Gasteiger partial charge is 0.296 e. The first kappa shape index (κ1) is 15.8. The Kier molecular flexibility index (Phi) is 5.51. The summed E-state index contributed by atoms with van der Waals surface area (Å²) in [6.07, 6.45) is 3.89. The molecule has 0 atom stereocenters. The maximum absolute atomic E-state index is 5.97. The number of halogens is 2. The molecule has 1 fully saturated rings. The van der Waals surface area contributed by atoms with E-state index in [1.165, 1.54) is 24.8 Å². The third-order valence-corrected chi connectivity index (χ3v) is 4.18. The van der Waals surface area contributed by atoms with Gasteiger partial charge < -0.3 is 0 Å². The van der Waals surface area contributed by atoms with Crippen molar-refractivity contribution in [2.75, 3.05) is 13.6 Å². The fourth-order valence-corrected chi connectivity index (χ4v) is 3.01. The molecule has 0 spiro atoms. The van der Waals surface area contributed by atoms with Crippen molar-refractivity contribution in [3.8, 4) is 0 Å². The molecule has 0 bridgehead atoms. The zero-order chi connectivity index (χ0) is 12.5. The molecule has 18 heavy (non-hydrogen) atoms. The highest BCUT2D eigenvalue weighted by Gasteiger charge is 2.42. The molecule has 1 saturated carbocycles. The Balaban J connectivity index is 0.00000162. The van der Waals surface area contributed by atoms with Gasteiger partial charge in [0.25, 0.3) is 0 Å². The lowest BCUT2D eigenvalue weighted by atomic mass is 9.70. The van der Waals surface area contributed by atoms with Crippen molar-refractivity contribution >= 4 is 24.0 Å². The minimum atomic E-state index is 0. The Labute approximate surface area is 122 Å². The Morgan fingerprint density at radius 2 is 1.78 bits per heavy atom. The molecule has 1 nitrogen and oxygen atoms in total. The molecule has 2 rings (SSSR count). The summed E-state index contributed by atoms with van der Waals surface area (Å²) in [4.78, 5) is 2.53. The first-order chi connectivity index (χ1) is 8.04. The SMILES string of the molecule is CC(C)CN(C)C1(c2ccc(Cl)cc2)CCC1.Cl. The molecule has 0 amide bonds. The zero-order valence-electron chi connectivity index (χ0n) is 11.4. The molecule has 0 heterocycles. The van der Waals surface area contributed by atoms with E-state index in [4.69, 9.17) is 11.6 Å². The molecule has 0 saturated heterocycles. The predicted octanol–water partition coefficient (Wildman–Crippen LogP) is 4.73. The van der Waals surface area contributed by atoms with Crippen molar-refractivity contribution in [2.45, 2.75) is 38.6 Å². The van der Waals surface area contributed by atoms with Crippen molar-refractivity contribution in [3.05, 3.63) is 34.9 Å². The summed E-state index contributed by atoms with van der Waals surface area (Å²) < 4.78 is 0. The van der Waals surface area contributed by atoms with Gasteiger partial charge in [-0.15, -0.1) is 12.4 Å². The molecule has 1 aliphatic carbocycles. The lowest BCUT2D eigenvalue weighted by Gasteiger charge is -2.50. The summed E-state index contributed by atoms with van der Waals surface area (Å²) in [5.74, 6) is 0.713. The Bertz CT molecular complexity index is 369. The summed E-state index contributed by atoms with van der Waals surface area (Å²) in [7, 11) is 2.26. The number of hydrogen-bond acceptors (Lipinski definition) is 1. The first-order valence-corrected chi connectivity index (χ1v) is 6.90. The normalized spacial score (nSPS) is 17.4. The molecule has 1 aromatic carbocycles. The summed E-state index contributed by atoms with van der Waals surface area (Å²) >= 11 is 5.97. The van der Waals surface area contributed by atoms with Gasteiger partial charge in [0.1, 0.15) is 0 Å². The highest BCUT2D eigenvalue weighted by Crippen LogP contribution is 2.46. The van der Waals surface area contributed by atoms with Gasteiger partial charge in [-0.2, -0.15) is 0 Å². The van der Waals surface area contributed by atoms with E-state index in [0.717, 1.165) is 11.6 Å². The van der Waals surface area contributed by atoms with Crippen molar-refractivity contribution < 1.29 is 0 Å². The molecule has 1 aromatic rings. The van der Waals surface area contributed by atoms with Gasteiger partial charge in [-0.1, -0.05) is 37.6 Å². The van der Waals surface area contributed by atoms with Crippen LogP contribution in [0.2, 0.25) is 5.02 Å². The molecular weight excluding hydrogens is 265 g/mol. The van der Waals surface area contributed by atoms with Gasteiger partial charge in [0.05, 0.1) is 0 Å². The van der Waals surface area contributed by atoms with Gasteiger partial charge in [-0.25, -0.2) is 0 Å². The topological polar surface area (TPSA) is 3.24 Å². The van der Waals surface area contributed by atoms with Crippen LogP contribution in [0.5, 0.6) is 0 Å². The summed E-state index contributed by atoms with van der Waals surface area (Å²) in [5, 5.41) is 0.828. The van der Waals surface area contributed by atoms with Crippen LogP contribution in [0.3, 0.4) is 0 Å². The van der Waals surface area contributed by atoms with Crippen LogP contribution in [-0.2, 0) is 5.54 Å². The average Bonchev–Trinajstić information content (AvgIpc) is 2.18. The Morgan fingerprint density at radius 3 is 2.17 bits per heavy atom. The Hall–Kier alpha value is -0.240. The van der Waals surface area contributed by atoms with Crippen molar-refractivity contribution in [1.82, 2.24) is 4.90 Å². The summed E-state index contributed by atoms with van der Waals surface area (Å²) in [6, 6.07) is 8.41. The van der Waals surface area contributed by atoms with Crippen LogP contribution >= 0.6 is 24.0 Å². The second kappa shape index (κ2) is 6.27. The quantitative estimate of drug-likeness (QED) is 0.774. The van der Waals surface area contributed by atoms with Crippen LogP contribution in [-0.4, -0.2) is 18.5 Å².